The fourth-order valence-electron chi connectivity index (χ4n) is 1.73. The first-order valence-electron chi connectivity index (χ1n) is 5.42. The highest BCUT2D eigenvalue weighted by molar-refractivity contribution is 9.13. The maximum Gasteiger partial charge on any atom is 0.317 e. The molecule has 0 spiro atoms. The van der Waals surface area contributed by atoms with Crippen LogP contribution in [0.2, 0.25) is 0 Å². The molecule has 1 fully saturated rings. The first-order valence-corrected chi connectivity index (χ1v) is 7.82. The number of carbonyl (C=O) groups is 1. The van der Waals surface area contributed by atoms with Crippen LogP contribution in [0, 0.1) is 5.92 Å². The molecule has 1 aromatic heterocycles. The largest absolute Gasteiger partial charge is 0.480 e. The molecule has 1 aliphatic carbocycles. The first kappa shape index (κ1) is 13.5. The summed E-state index contributed by atoms with van der Waals surface area (Å²) in [5, 5.41) is 8.90. The second kappa shape index (κ2) is 5.82. The van der Waals surface area contributed by atoms with Gasteiger partial charge in [0.05, 0.1) is 10.3 Å². The molecule has 0 bridgehead atoms. The molecule has 3 nitrogen and oxygen atoms in total. The SMILES string of the molecule is O=C(O)CN(Cc1cc(Br)c(Br)s1)CC1CC1. The van der Waals surface area contributed by atoms with E-state index in [0.717, 1.165) is 21.3 Å². The lowest BCUT2D eigenvalue weighted by Gasteiger charge is -2.18. The fourth-order valence-corrected chi connectivity index (χ4v) is 3.95. The van der Waals surface area contributed by atoms with Crippen LogP contribution in [0.1, 0.15) is 17.7 Å². The molecule has 0 aromatic carbocycles. The summed E-state index contributed by atoms with van der Waals surface area (Å²) in [6.07, 6.45) is 2.49. The molecule has 0 atom stereocenters. The van der Waals surface area contributed by atoms with Crippen molar-refractivity contribution in [3.05, 3.63) is 19.2 Å². The minimum Gasteiger partial charge on any atom is -0.480 e. The van der Waals surface area contributed by atoms with Crippen LogP contribution in [-0.4, -0.2) is 29.1 Å². The van der Waals surface area contributed by atoms with E-state index in [4.69, 9.17) is 5.11 Å². The number of carboxylic acid groups (broad SMARTS) is 1. The molecular weight excluding hydrogens is 370 g/mol. The number of hydrogen-bond acceptors (Lipinski definition) is 3. The Balaban J connectivity index is 1.97. The van der Waals surface area contributed by atoms with Gasteiger partial charge in [-0.2, -0.15) is 0 Å². The van der Waals surface area contributed by atoms with Crippen LogP contribution in [0.25, 0.3) is 0 Å². The topological polar surface area (TPSA) is 40.5 Å². The highest BCUT2D eigenvalue weighted by Gasteiger charge is 2.25. The van der Waals surface area contributed by atoms with E-state index < -0.39 is 5.97 Å². The van der Waals surface area contributed by atoms with Gasteiger partial charge in [0.2, 0.25) is 0 Å². The summed E-state index contributed by atoms with van der Waals surface area (Å²) in [5.74, 6) is -0.0402. The molecular formula is C11H13Br2NO2S. The van der Waals surface area contributed by atoms with E-state index in [2.05, 4.69) is 37.9 Å². The minimum absolute atomic E-state index is 0.129. The van der Waals surface area contributed by atoms with Crippen molar-refractivity contribution < 1.29 is 9.90 Å². The predicted octanol–water partition coefficient (Wildman–Crippen LogP) is 3.57. The quantitative estimate of drug-likeness (QED) is 0.817. The van der Waals surface area contributed by atoms with Crippen molar-refractivity contribution in [2.75, 3.05) is 13.1 Å². The third-order valence-electron chi connectivity index (χ3n) is 2.65. The average molecular weight is 383 g/mol. The second-order valence-electron chi connectivity index (χ2n) is 4.34. The second-order valence-corrected chi connectivity index (χ2v) is 7.65. The minimum atomic E-state index is -0.750. The van der Waals surface area contributed by atoms with Crippen LogP contribution in [0.5, 0.6) is 0 Å². The zero-order valence-electron chi connectivity index (χ0n) is 9.16. The molecule has 1 aliphatic rings. The molecule has 1 heterocycles. The molecule has 0 radical (unpaired) electrons. The maximum atomic E-state index is 10.8. The molecule has 0 saturated heterocycles. The number of aliphatic carboxylic acids is 1. The number of rotatable bonds is 6. The van der Waals surface area contributed by atoms with Gasteiger partial charge < -0.3 is 5.11 Å². The lowest BCUT2D eigenvalue weighted by atomic mass is 10.3. The van der Waals surface area contributed by atoms with Gasteiger partial charge in [0.15, 0.2) is 0 Å². The van der Waals surface area contributed by atoms with Gasteiger partial charge in [0.1, 0.15) is 0 Å². The molecule has 0 unspecified atom stereocenters. The Bertz CT molecular complexity index is 398. The monoisotopic (exact) mass is 381 g/mol. The summed E-state index contributed by atoms with van der Waals surface area (Å²) in [5.41, 5.74) is 0. The van der Waals surface area contributed by atoms with Crippen molar-refractivity contribution in [2.24, 2.45) is 5.92 Å². The van der Waals surface area contributed by atoms with Crippen LogP contribution in [0.15, 0.2) is 14.3 Å². The van der Waals surface area contributed by atoms with Gasteiger partial charge in [0.25, 0.3) is 0 Å². The summed E-state index contributed by atoms with van der Waals surface area (Å²) in [6, 6.07) is 2.05. The number of carboxylic acids is 1. The van der Waals surface area contributed by atoms with Crippen molar-refractivity contribution in [1.82, 2.24) is 4.90 Å². The molecule has 1 aromatic rings. The van der Waals surface area contributed by atoms with E-state index in [-0.39, 0.29) is 6.54 Å². The lowest BCUT2D eigenvalue weighted by molar-refractivity contribution is -0.138. The Hall–Kier alpha value is 0.0900. The highest BCUT2D eigenvalue weighted by Crippen LogP contribution is 2.34. The van der Waals surface area contributed by atoms with E-state index in [1.807, 2.05) is 4.90 Å². The van der Waals surface area contributed by atoms with E-state index in [9.17, 15) is 4.79 Å². The van der Waals surface area contributed by atoms with Crippen LogP contribution >= 0.6 is 43.2 Å². The van der Waals surface area contributed by atoms with E-state index in [1.54, 1.807) is 11.3 Å². The molecule has 6 heteroatoms. The molecule has 17 heavy (non-hydrogen) atoms. The zero-order valence-corrected chi connectivity index (χ0v) is 13.1. The van der Waals surface area contributed by atoms with Gasteiger partial charge in [-0.1, -0.05) is 0 Å². The van der Waals surface area contributed by atoms with Gasteiger partial charge in [-0.05, 0) is 56.7 Å². The predicted molar refractivity (Wildman–Crippen MR) is 75.4 cm³/mol. The van der Waals surface area contributed by atoms with E-state index in [1.165, 1.54) is 17.7 Å². The third kappa shape index (κ3) is 4.35. The number of nitrogens with zero attached hydrogens (tertiary/aromatic N) is 1. The smallest absolute Gasteiger partial charge is 0.317 e. The molecule has 94 valence electrons. The van der Waals surface area contributed by atoms with Gasteiger partial charge >= 0.3 is 5.97 Å². The van der Waals surface area contributed by atoms with Crippen molar-refractivity contribution in [3.63, 3.8) is 0 Å². The normalized spacial score (nSPS) is 15.5. The van der Waals surface area contributed by atoms with Crippen LogP contribution in [-0.2, 0) is 11.3 Å². The lowest BCUT2D eigenvalue weighted by Crippen LogP contribution is -2.30. The number of thiophene rings is 1. The number of halogens is 2. The molecule has 1 saturated carbocycles. The van der Waals surface area contributed by atoms with Crippen molar-refractivity contribution in [2.45, 2.75) is 19.4 Å². The summed E-state index contributed by atoms with van der Waals surface area (Å²) in [7, 11) is 0. The first-order chi connectivity index (χ1) is 8.04. The van der Waals surface area contributed by atoms with E-state index >= 15 is 0 Å². The van der Waals surface area contributed by atoms with Gasteiger partial charge in [-0.15, -0.1) is 11.3 Å². The Morgan fingerprint density at radius 3 is 2.71 bits per heavy atom. The highest BCUT2D eigenvalue weighted by atomic mass is 79.9. The Morgan fingerprint density at radius 2 is 2.24 bits per heavy atom. The van der Waals surface area contributed by atoms with Crippen LogP contribution < -0.4 is 0 Å². The third-order valence-corrected chi connectivity index (χ3v) is 5.89. The Morgan fingerprint density at radius 1 is 1.53 bits per heavy atom. The molecule has 0 amide bonds. The van der Waals surface area contributed by atoms with Gasteiger partial charge in [0, 0.05) is 22.4 Å². The van der Waals surface area contributed by atoms with E-state index in [0.29, 0.717) is 5.92 Å². The Labute approximate surface area is 121 Å². The molecule has 2 rings (SSSR count). The summed E-state index contributed by atoms with van der Waals surface area (Å²) >= 11 is 8.56. The Kier molecular flexibility index (Phi) is 4.63. The zero-order chi connectivity index (χ0) is 12.4. The van der Waals surface area contributed by atoms with Crippen molar-refractivity contribution >= 4 is 49.2 Å². The standard InChI is InChI=1S/C11H13Br2NO2S/c12-9-3-8(17-11(9)13)5-14(6-10(15)16)4-7-1-2-7/h3,7H,1-2,4-6H2,(H,15,16). The summed E-state index contributed by atoms with van der Waals surface area (Å²) in [6.45, 7) is 1.75. The summed E-state index contributed by atoms with van der Waals surface area (Å²) in [4.78, 5) is 14.0. The van der Waals surface area contributed by atoms with Crippen LogP contribution in [0.4, 0.5) is 0 Å². The van der Waals surface area contributed by atoms with Crippen LogP contribution in [0.3, 0.4) is 0 Å². The average Bonchev–Trinajstić information content (AvgIpc) is 2.94. The molecule has 0 aliphatic heterocycles. The molecule has 1 N–H and O–H groups in total. The van der Waals surface area contributed by atoms with Crippen molar-refractivity contribution in [1.29, 1.82) is 0 Å². The fraction of sp³-hybridized carbons (Fsp3) is 0.545. The maximum absolute atomic E-state index is 10.8. The van der Waals surface area contributed by atoms with Crippen molar-refractivity contribution in [3.8, 4) is 0 Å². The number of hydrogen-bond donors (Lipinski definition) is 1. The van der Waals surface area contributed by atoms with Gasteiger partial charge in [-0.3, -0.25) is 9.69 Å². The summed E-state index contributed by atoms with van der Waals surface area (Å²) < 4.78 is 2.10. The van der Waals surface area contributed by atoms with Gasteiger partial charge in [-0.25, -0.2) is 0 Å².